The molecule has 1 aliphatic heterocycles. The van der Waals surface area contributed by atoms with E-state index in [0.717, 1.165) is 11.1 Å². The van der Waals surface area contributed by atoms with E-state index in [1.807, 2.05) is 39.0 Å². The summed E-state index contributed by atoms with van der Waals surface area (Å²) in [6, 6.07) is 17.4. The highest BCUT2D eigenvalue weighted by Gasteiger charge is 2.33. The Kier molecular flexibility index (Phi) is 8.81. The molecular weight excluding hydrogens is 595 g/mol. The van der Waals surface area contributed by atoms with Gasteiger partial charge in [-0.15, -0.1) is 18.3 Å². The Morgan fingerprint density at radius 1 is 1.11 bits per heavy atom. The van der Waals surface area contributed by atoms with Crippen LogP contribution < -0.4 is 15.1 Å². The molecule has 226 valence electrons. The van der Waals surface area contributed by atoms with Crippen LogP contribution in [0.25, 0.3) is 17.1 Å². The summed E-state index contributed by atoms with van der Waals surface area (Å²) in [4.78, 5) is 35.2. The first-order valence-corrected chi connectivity index (χ1v) is 14.3. The summed E-state index contributed by atoms with van der Waals surface area (Å²) in [6.07, 6.45) is -1.91. The normalized spacial score (nSPS) is 14.7. The Bertz CT molecular complexity index is 1750. The van der Waals surface area contributed by atoms with Crippen LogP contribution in [0.4, 0.5) is 23.7 Å². The van der Waals surface area contributed by atoms with Crippen molar-refractivity contribution < 1.29 is 27.5 Å². The van der Waals surface area contributed by atoms with E-state index >= 15 is 0 Å². The zero-order chi connectivity index (χ0) is 31.4. The third kappa shape index (κ3) is 7.32. The predicted octanol–water partition coefficient (Wildman–Crippen LogP) is 6.44. The molecule has 0 saturated carbocycles. The molecular formula is C30H26F3N7O3S. The number of urea groups is 1. The zero-order valence-corrected chi connectivity index (χ0v) is 24.6. The second-order valence-corrected chi connectivity index (χ2v) is 10.9. The van der Waals surface area contributed by atoms with Gasteiger partial charge in [0, 0.05) is 5.56 Å². The number of nitrogens with zero attached hydrogens (tertiary/aromatic N) is 6. The summed E-state index contributed by atoms with van der Waals surface area (Å²) in [5.74, 6) is 0.210. The van der Waals surface area contributed by atoms with Crippen LogP contribution in [0.15, 0.2) is 83.2 Å². The van der Waals surface area contributed by atoms with Crippen LogP contribution >= 0.6 is 11.8 Å². The number of aliphatic imine (C=N–C) groups is 1. The van der Waals surface area contributed by atoms with Crippen molar-refractivity contribution >= 4 is 40.8 Å². The average Bonchev–Trinajstić information content (AvgIpc) is 3.60. The second-order valence-electron chi connectivity index (χ2n) is 9.98. The van der Waals surface area contributed by atoms with E-state index in [1.165, 1.54) is 58.2 Å². The van der Waals surface area contributed by atoms with E-state index < -0.39 is 12.4 Å². The summed E-state index contributed by atoms with van der Waals surface area (Å²) >= 11 is 1.19. The van der Waals surface area contributed by atoms with Gasteiger partial charge >= 0.3 is 12.4 Å². The molecule has 0 spiro atoms. The summed E-state index contributed by atoms with van der Waals surface area (Å²) in [7, 11) is 0. The number of nitrogens with one attached hydrogen (secondary N) is 1. The minimum absolute atomic E-state index is 0.155. The largest absolute Gasteiger partial charge is 0.573 e. The van der Waals surface area contributed by atoms with Gasteiger partial charge in [-0.1, -0.05) is 55.9 Å². The zero-order valence-electron chi connectivity index (χ0n) is 23.7. The standard InChI is InChI=1S/C30H26F3N7O3S/c1-18(2)24-12-7-19(3)13-25(24)40-26(41)16-44-29(40)36-28(42)37-35-15-20-5-4-6-21(14-20)27-34-17-39(38-27)22-8-10-23(11-9-22)43-30(31,32)33/h4-15,17-18H,16H2,1-3H3,(H,37,42)/b35-15+,36-29?. The lowest BCUT2D eigenvalue weighted by Gasteiger charge is -2.22. The molecule has 3 aromatic carbocycles. The number of hydrazone groups is 1. The van der Waals surface area contributed by atoms with Gasteiger partial charge in [0.2, 0.25) is 5.91 Å². The van der Waals surface area contributed by atoms with Gasteiger partial charge in [0.1, 0.15) is 12.1 Å². The molecule has 0 unspecified atom stereocenters. The molecule has 0 bridgehead atoms. The van der Waals surface area contributed by atoms with Crippen molar-refractivity contribution in [2.75, 3.05) is 10.7 Å². The predicted molar refractivity (Wildman–Crippen MR) is 162 cm³/mol. The molecule has 0 atom stereocenters. The topological polar surface area (TPSA) is 114 Å². The first kappa shape index (κ1) is 30.5. The second kappa shape index (κ2) is 12.7. The molecule has 3 amide bonds. The molecule has 0 aliphatic carbocycles. The number of amides is 3. The molecule has 1 fully saturated rings. The number of carbonyl (C=O) groups is 2. The van der Waals surface area contributed by atoms with Crippen LogP contribution in [0.2, 0.25) is 0 Å². The third-order valence-electron chi connectivity index (χ3n) is 6.36. The van der Waals surface area contributed by atoms with Crippen molar-refractivity contribution in [1.29, 1.82) is 0 Å². The number of hydrogen-bond donors (Lipinski definition) is 1. The van der Waals surface area contributed by atoms with E-state index in [2.05, 4.69) is 30.3 Å². The van der Waals surface area contributed by atoms with Gasteiger partial charge < -0.3 is 4.74 Å². The third-order valence-corrected chi connectivity index (χ3v) is 7.28. The Labute approximate surface area is 254 Å². The Morgan fingerprint density at radius 2 is 1.89 bits per heavy atom. The van der Waals surface area contributed by atoms with Crippen LogP contribution in [0.3, 0.4) is 0 Å². The van der Waals surface area contributed by atoms with Gasteiger partial charge in [-0.25, -0.2) is 19.9 Å². The van der Waals surface area contributed by atoms with Gasteiger partial charge in [0.05, 0.1) is 23.3 Å². The van der Waals surface area contributed by atoms with Crippen molar-refractivity contribution in [2.45, 2.75) is 33.1 Å². The minimum Gasteiger partial charge on any atom is -0.406 e. The fourth-order valence-electron chi connectivity index (χ4n) is 4.37. The lowest BCUT2D eigenvalue weighted by atomic mass is 9.99. The summed E-state index contributed by atoms with van der Waals surface area (Å²) in [5, 5.41) is 8.68. The number of halogens is 3. The number of amidine groups is 1. The van der Waals surface area contributed by atoms with Gasteiger partial charge in [-0.05, 0) is 65.9 Å². The number of carbonyl (C=O) groups excluding carboxylic acids is 2. The smallest absolute Gasteiger partial charge is 0.406 e. The molecule has 1 saturated heterocycles. The summed E-state index contributed by atoms with van der Waals surface area (Å²) < 4.78 is 42.6. The highest BCUT2D eigenvalue weighted by Crippen LogP contribution is 2.34. The number of alkyl halides is 3. The van der Waals surface area contributed by atoms with Crippen molar-refractivity contribution in [3.8, 4) is 22.8 Å². The number of benzene rings is 3. The minimum atomic E-state index is -4.77. The molecule has 44 heavy (non-hydrogen) atoms. The number of ether oxygens (including phenoxy) is 1. The lowest BCUT2D eigenvalue weighted by molar-refractivity contribution is -0.274. The Hall–Kier alpha value is -4.98. The van der Waals surface area contributed by atoms with Crippen LogP contribution in [0, 0.1) is 6.92 Å². The highest BCUT2D eigenvalue weighted by atomic mass is 32.2. The Morgan fingerprint density at radius 3 is 2.61 bits per heavy atom. The van der Waals surface area contributed by atoms with E-state index in [4.69, 9.17) is 0 Å². The number of thioether (sulfide) groups is 1. The van der Waals surface area contributed by atoms with E-state index in [-0.39, 0.29) is 28.5 Å². The molecule has 14 heteroatoms. The number of hydrogen-bond acceptors (Lipinski definition) is 7. The van der Waals surface area contributed by atoms with Gasteiger partial charge in [0.15, 0.2) is 11.0 Å². The molecule has 1 aliphatic rings. The molecule has 4 aromatic rings. The average molecular weight is 622 g/mol. The Balaban J connectivity index is 1.26. The van der Waals surface area contributed by atoms with E-state index in [1.54, 1.807) is 24.3 Å². The quantitative estimate of drug-likeness (QED) is 0.188. The number of rotatable bonds is 7. The first-order chi connectivity index (χ1) is 21.0. The number of aryl methyl sites for hydroxylation is 1. The van der Waals surface area contributed by atoms with Crippen molar-refractivity contribution in [3.05, 3.63) is 89.7 Å². The molecule has 2 heterocycles. The van der Waals surface area contributed by atoms with Gasteiger partial charge in [0.25, 0.3) is 0 Å². The molecule has 10 nitrogen and oxygen atoms in total. The molecule has 5 rings (SSSR count). The first-order valence-electron chi connectivity index (χ1n) is 13.3. The van der Waals surface area contributed by atoms with Gasteiger partial charge in [-0.3, -0.25) is 9.69 Å². The van der Waals surface area contributed by atoms with Crippen molar-refractivity contribution in [1.82, 2.24) is 20.2 Å². The van der Waals surface area contributed by atoms with Crippen LogP contribution in [-0.2, 0) is 4.79 Å². The number of aromatic nitrogens is 3. The summed E-state index contributed by atoms with van der Waals surface area (Å²) in [6.45, 7) is 6.01. The van der Waals surface area contributed by atoms with Crippen LogP contribution in [-0.4, -0.2) is 50.2 Å². The molecule has 1 N–H and O–H groups in total. The SMILES string of the molecule is Cc1ccc(C(C)C)c(N2C(=O)CSC2=NC(=O)N/N=C/c2cccc(-c3ncn(-c4ccc(OC(F)(F)F)cc4)n3)c2)c1. The lowest BCUT2D eigenvalue weighted by Crippen LogP contribution is -2.31. The maximum atomic E-state index is 12.8. The monoisotopic (exact) mass is 621 g/mol. The van der Waals surface area contributed by atoms with Crippen molar-refractivity contribution in [3.63, 3.8) is 0 Å². The van der Waals surface area contributed by atoms with Crippen LogP contribution in [0.5, 0.6) is 5.75 Å². The summed E-state index contributed by atoms with van der Waals surface area (Å²) in [5.41, 5.74) is 6.82. The fourth-order valence-corrected chi connectivity index (χ4v) is 5.23. The number of anilines is 1. The van der Waals surface area contributed by atoms with Crippen molar-refractivity contribution in [2.24, 2.45) is 10.1 Å². The van der Waals surface area contributed by atoms with Crippen LogP contribution in [0.1, 0.15) is 36.5 Å². The fraction of sp³-hybridized carbons (Fsp3) is 0.200. The van der Waals surface area contributed by atoms with E-state index in [0.29, 0.717) is 28.3 Å². The maximum Gasteiger partial charge on any atom is 0.573 e. The van der Waals surface area contributed by atoms with E-state index in [9.17, 15) is 22.8 Å². The highest BCUT2D eigenvalue weighted by molar-refractivity contribution is 8.15. The van der Waals surface area contributed by atoms with Gasteiger partial charge in [-0.2, -0.15) is 10.1 Å². The molecule has 0 radical (unpaired) electrons. The maximum absolute atomic E-state index is 12.8. The molecule has 1 aromatic heterocycles.